The van der Waals surface area contributed by atoms with E-state index in [1.165, 1.54) is 0 Å². The van der Waals surface area contributed by atoms with Crippen LogP contribution < -0.4 is 20.1 Å². The van der Waals surface area contributed by atoms with Crippen molar-refractivity contribution in [2.24, 2.45) is 0 Å². The van der Waals surface area contributed by atoms with Gasteiger partial charge in [0.2, 0.25) is 5.91 Å². The highest BCUT2D eigenvalue weighted by molar-refractivity contribution is 5.92. The zero-order chi connectivity index (χ0) is 14.6. The third-order valence-electron chi connectivity index (χ3n) is 2.95. The summed E-state index contributed by atoms with van der Waals surface area (Å²) in [6.07, 6.45) is 0. The van der Waals surface area contributed by atoms with E-state index >= 15 is 0 Å². The molecule has 0 atom stereocenters. The van der Waals surface area contributed by atoms with Crippen molar-refractivity contribution in [1.29, 1.82) is 0 Å². The smallest absolute Gasteiger partial charge is 0.238 e. The molecule has 6 heteroatoms. The Kier molecular flexibility index (Phi) is 4.46. The minimum absolute atomic E-state index is 0.0374. The largest absolute Gasteiger partial charge is 0.486 e. The van der Waals surface area contributed by atoms with Crippen molar-refractivity contribution >= 4 is 11.6 Å². The summed E-state index contributed by atoms with van der Waals surface area (Å²) in [5, 5.41) is 14.8. The zero-order valence-corrected chi connectivity index (χ0v) is 11.7. The van der Waals surface area contributed by atoms with Gasteiger partial charge in [-0.3, -0.25) is 4.79 Å². The topological polar surface area (TPSA) is 79.8 Å². The van der Waals surface area contributed by atoms with Gasteiger partial charge in [0.15, 0.2) is 11.5 Å². The Balaban J connectivity index is 1.91. The van der Waals surface area contributed by atoms with E-state index in [2.05, 4.69) is 10.6 Å². The molecule has 1 heterocycles. The van der Waals surface area contributed by atoms with Gasteiger partial charge >= 0.3 is 0 Å². The second-order valence-electron chi connectivity index (χ2n) is 5.30. The number of nitrogens with one attached hydrogen (secondary N) is 2. The van der Waals surface area contributed by atoms with Crippen LogP contribution in [0.25, 0.3) is 0 Å². The molecule has 1 aliphatic heterocycles. The number of aliphatic hydroxyl groups is 1. The first kappa shape index (κ1) is 14.6. The predicted molar refractivity (Wildman–Crippen MR) is 75.2 cm³/mol. The lowest BCUT2D eigenvalue weighted by atomic mass is 10.1. The van der Waals surface area contributed by atoms with Crippen LogP contribution in [0.15, 0.2) is 18.2 Å². The highest BCUT2D eigenvalue weighted by atomic mass is 16.6. The Hall–Kier alpha value is -1.79. The van der Waals surface area contributed by atoms with E-state index in [0.29, 0.717) is 30.4 Å². The average Bonchev–Trinajstić information content (AvgIpc) is 2.45. The van der Waals surface area contributed by atoms with Gasteiger partial charge in [0.1, 0.15) is 13.2 Å². The number of amides is 1. The lowest BCUT2D eigenvalue weighted by molar-refractivity contribution is -0.115. The van der Waals surface area contributed by atoms with Gasteiger partial charge in [-0.25, -0.2) is 0 Å². The molecule has 2 rings (SSSR count). The summed E-state index contributed by atoms with van der Waals surface area (Å²) in [6.45, 7) is 4.79. The zero-order valence-electron chi connectivity index (χ0n) is 11.7. The van der Waals surface area contributed by atoms with Crippen molar-refractivity contribution in [1.82, 2.24) is 5.32 Å². The van der Waals surface area contributed by atoms with Gasteiger partial charge in [-0.1, -0.05) is 0 Å². The standard InChI is InChI=1S/C14H20N2O4/c1-14(2,9-17)15-8-13(18)16-10-3-4-11-12(7-10)20-6-5-19-11/h3-4,7,15,17H,5-6,8-9H2,1-2H3,(H,16,18). The summed E-state index contributed by atoms with van der Waals surface area (Å²) in [5.41, 5.74) is 0.173. The van der Waals surface area contributed by atoms with Crippen molar-refractivity contribution in [2.75, 3.05) is 31.7 Å². The van der Waals surface area contributed by atoms with E-state index in [1.807, 2.05) is 13.8 Å². The van der Waals surface area contributed by atoms with Gasteiger partial charge < -0.3 is 25.2 Å². The number of hydrogen-bond acceptors (Lipinski definition) is 5. The molecule has 0 spiro atoms. The molecule has 1 amide bonds. The fourth-order valence-electron chi connectivity index (χ4n) is 1.70. The van der Waals surface area contributed by atoms with Crippen LogP contribution in [0.1, 0.15) is 13.8 Å². The van der Waals surface area contributed by atoms with Crippen LogP contribution in [0.2, 0.25) is 0 Å². The van der Waals surface area contributed by atoms with Crippen LogP contribution in [-0.2, 0) is 4.79 Å². The van der Waals surface area contributed by atoms with E-state index in [-0.39, 0.29) is 19.1 Å². The van der Waals surface area contributed by atoms with Crippen LogP contribution in [0.4, 0.5) is 5.69 Å². The van der Waals surface area contributed by atoms with Crippen LogP contribution in [0, 0.1) is 0 Å². The average molecular weight is 280 g/mol. The third-order valence-corrected chi connectivity index (χ3v) is 2.95. The number of ether oxygens (including phenoxy) is 2. The number of anilines is 1. The van der Waals surface area contributed by atoms with Crippen LogP contribution >= 0.6 is 0 Å². The molecule has 110 valence electrons. The summed E-state index contributed by atoms with van der Waals surface area (Å²) >= 11 is 0. The number of benzene rings is 1. The molecule has 0 saturated heterocycles. The molecule has 6 nitrogen and oxygen atoms in total. The Bertz CT molecular complexity index is 488. The number of carbonyl (C=O) groups is 1. The van der Waals surface area contributed by atoms with Crippen molar-refractivity contribution in [3.8, 4) is 11.5 Å². The highest BCUT2D eigenvalue weighted by Crippen LogP contribution is 2.32. The summed E-state index contributed by atoms with van der Waals surface area (Å²) in [5.74, 6) is 1.15. The van der Waals surface area contributed by atoms with Gasteiger partial charge in [-0.15, -0.1) is 0 Å². The molecular weight excluding hydrogens is 260 g/mol. The van der Waals surface area contributed by atoms with Crippen LogP contribution in [0.5, 0.6) is 11.5 Å². The molecule has 0 unspecified atom stereocenters. The summed E-state index contributed by atoms with van der Waals surface area (Å²) in [4.78, 5) is 11.8. The number of aliphatic hydroxyl groups excluding tert-OH is 1. The Labute approximate surface area is 118 Å². The molecule has 0 saturated carbocycles. The maximum Gasteiger partial charge on any atom is 0.238 e. The molecule has 0 aromatic heterocycles. The Morgan fingerprint density at radius 1 is 1.30 bits per heavy atom. The van der Waals surface area contributed by atoms with Gasteiger partial charge in [-0.2, -0.15) is 0 Å². The van der Waals surface area contributed by atoms with Crippen LogP contribution in [-0.4, -0.2) is 42.9 Å². The predicted octanol–water partition coefficient (Wildman–Crippen LogP) is 0.757. The molecule has 0 aliphatic carbocycles. The molecule has 20 heavy (non-hydrogen) atoms. The number of hydrogen-bond donors (Lipinski definition) is 3. The number of carbonyl (C=O) groups excluding carboxylic acids is 1. The maximum atomic E-state index is 11.8. The monoisotopic (exact) mass is 280 g/mol. The molecule has 0 radical (unpaired) electrons. The van der Waals surface area contributed by atoms with E-state index in [0.717, 1.165) is 0 Å². The molecule has 0 fully saturated rings. The molecular formula is C14H20N2O4. The molecule has 3 N–H and O–H groups in total. The highest BCUT2D eigenvalue weighted by Gasteiger charge is 2.17. The van der Waals surface area contributed by atoms with Crippen molar-refractivity contribution in [3.05, 3.63) is 18.2 Å². The third kappa shape index (κ3) is 3.85. The molecule has 1 aromatic carbocycles. The molecule has 1 aromatic rings. The van der Waals surface area contributed by atoms with E-state index in [1.54, 1.807) is 18.2 Å². The van der Waals surface area contributed by atoms with E-state index < -0.39 is 5.54 Å². The van der Waals surface area contributed by atoms with E-state index in [4.69, 9.17) is 14.6 Å². The summed E-state index contributed by atoms with van der Waals surface area (Å²) < 4.78 is 10.9. The summed E-state index contributed by atoms with van der Waals surface area (Å²) in [6, 6.07) is 5.28. The first-order chi connectivity index (χ1) is 9.50. The normalized spacial score (nSPS) is 13.9. The fraction of sp³-hybridized carbons (Fsp3) is 0.500. The Morgan fingerprint density at radius 3 is 2.70 bits per heavy atom. The van der Waals surface area contributed by atoms with Crippen molar-refractivity contribution in [3.63, 3.8) is 0 Å². The lowest BCUT2D eigenvalue weighted by Crippen LogP contribution is -2.46. The van der Waals surface area contributed by atoms with Gasteiger partial charge in [0.25, 0.3) is 0 Å². The minimum Gasteiger partial charge on any atom is -0.486 e. The quantitative estimate of drug-likeness (QED) is 0.742. The molecule has 1 aliphatic rings. The first-order valence-corrected chi connectivity index (χ1v) is 6.55. The van der Waals surface area contributed by atoms with Crippen molar-refractivity contribution in [2.45, 2.75) is 19.4 Å². The van der Waals surface area contributed by atoms with Crippen LogP contribution in [0.3, 0.4) is 0 Å². The lowest BCUT2D eigenvalue weighted by Gasteiger charge is -2.23. The number of fused-ring (bicyclic) bond motifs is 1. The SMILES string of the molecule is CC(C)(CO)NCC(=O)Nc1ccc2c(c1)OCCO2. The van der Waals surface area contributed by atoms with Gasteiger partial charge in [-0.05, 0) is 26.0 Å². The number of rotatable bonds is 5. The minimum atomic E-state index is -0.482. The second-order valence-corrected chi connectivity index (χ2v) is 5.30. The van der Waals surface area contributed by atoms with Gasteiger partial charge in [0.05, 0.1) is 13.2 Å². The van der Waals surface area contributed by atoms with Crippen molar-refractivity contribution < 1.29 is 19.4 Å². The second kappa shape index (κ2) is 6.11. The molecule has 0 bridgehead atoms. The van der Waals surface area contributed by atoms with E-state index in [9.17, 15) is 4.79 Å². The summed E-state index contributed by atoms with van der Waals surface area (Å²) in [7, 11) is 0. The first-order valence-electron chi connectivity index (χ1n) is 6.55. The fourth-order valence-corrected chi connectivity index (χ4v) is 1.70. The van der Waals surface area contributed by atoms with Gasteiger partial charge in [0, 0.05) is 17.3 Å². The maximum absolute atomic E-state index is 11.8. The Morgan fingerprint density at radius 2 is 2.00 bits per heavy atom.